The number of primary amides is 1. The van der Waals surface area contributed by atoms with Crippen molar-refractivity contribution >= 4 is 33.2 Å². The van der Waals surface area contributed by atoms with Gasteiger partial charge in [0.2, 0.25) is 5.91 Å². The molecule has 0 saturated carbocycles. The molecule has 0 fully saturated rings. The van der Waals surface area contributed by atoms with Crippen LogP contribution in [0.5, 0.6) is 5.06 Å². The molecular weight excluding hydrogens is 280 g/mol. The second-order valence-corrected chi connectivity index (χ2v) is 4.90. The molecule has 1 rings (SSSR count). The number of carbonyl (C=O) groups is 1. The molecule has 4 nitrogen and oxygen atoms in total. The summed E-state index contributed by atoms with van der Waals surface area (Å²) in [6, 6.07) is 2.00. The summed E-state index contributed by atoms with van der Waals surface area (Å²) in [4.78, 5) is 11.6. The fourth-order valence-electron chi connectivity index (χ4n) is 1.05. The van der Waals surface area contributed by atoms with E-state index in [1.54, 1.807) is 18.4 Å². The second kappa shape index (κ2) is 6.09. The highest BCUT2D eigenvalue weighted by Gasteiger charge is 2.06. The fraction of sp³-hybridized carbons (Fsp3) is 0.444. The second-order valence-electron chi connectivity index (χ2n) is 2.95. The monoisotopic (exact) mass is 292 g/mol. The van der Waals surface area contributed by atoms with E-state index in [0.717, 1.165) is 21.0 Å². The summed E-state index contributed by atoms with van der Waals surface area (Å²) < 4.78 is 6.10. The molecule has 0 saturated heterocycles. The summed E-state index contributed by atoms with van der Waals surface area (Å²) >= 11 is 4.96. The Labute approximate surface area is 101 Å². The summed E-state index contributed by atoms with van der Waals surface area (Å²) in [6.45, 7) is 1.33. The van der Waals surface area contributed by atoms with Gasteiger partial charge in [-0.25, -0.2) is 0 Å². The van der Waals surface area contributed by atoms with Gasteiger partial charge in [0.25, 0.3) is 0 Å². The van der Waals surface area contributed by atoms with Gasteiger partial charge in [-0.3, -0.25) is 4.79 Å². The maximum atomic E-state index is 10.5. The topological polar surface area (TPSA) is 64.3 Å². The van der Waals surface area contributed by atoms with Crippen molar-refractivity contribution in [1.82, 2.24) is 5.32 Å². The molecule has 0 aliphatic heterocycles. The first-order chi connectivity index (χ1) is 7.13. The highest BCUT2D eigenvalue weighted by Crippen LogP contribution is 2.34. The molecule has 1 heterocycles. The summed E-state index contributed by atoms with van der Waals surface area (Å²) in [5, 5.41) is 3.99. The van der Waals surface area contributed by atoms with Gasteiger partial charge in [0.05, 0.1) is 11.6 Å². The Hall–Kier alpha value is -0.590. The predicted octanol–water partition coefficient (Wildman–Crippen LogP) is 1.48. The van der Waals surface area contributed by atoms with E-state index in [-0.39, 0.29) is 5.91 Å². The molecular formula is C9H13BrN2O2S. The summed E-state index contributed by atoms with van der Waals surface area (Å²) in [5.74, 6) is -0.285. The lowest BCUT2D eigenvalue weighted by Crippen LogP contribution is -2.21. The molecule has 0 unspecified atom stereocenters. The standard InChI is InChI=1S/C9H13BrN2O2S/c1-14-9-7(10)4-6(15-9)5-12-3-2-8(11)13/h4,12H,2-3,5H2,1H3,(H2,11,13). The molecule has 0 spiro atoms. The minimum absolute atomic E-state index is 0.285. The molecule has 1 aromatic heterocycles. The Morgan fingerprint density at radius 1 is 1.73 bits per heavy atom. The van der Waals surface area contributed by atoms with Crippen LogP contribution in [-0.2, 0) is 11.3 Å². The molecule has 0 radical (unpaired) electrons. The van der Waals surface area contributed by atoms with Crippen molar-refractivity contribution in [3.05, 3.63) is 15.4 Å². The number of hydrogen-bond donors (Lipinski definition) is 2. The third-order valence-electron chi connectivity index (χ3n) is 1.74. The van der Waals surface area contributed by atoms with Crippen LogP contribution in [0.1, 0.15) is 11.3 Å². The molecule has 0 atom stereocenters. The van der Waals surface area contributed by atoms with E-state index >= 15 is 0 Å². The first-order valence-corrected chi connectivity index (χ1v) is 6.05. The van der Waals surface area contributed by atoms with E-state index in [1.165, 1.54) is 0 Å². The van der Waals surface area contributed by atoms with E-state index < -0.39 is 0 Å². The number of carbonyl (C=O) groups excluding carboxylic acids is 1. The normalized spacial score (nSPS) is 10.3. The van der Waals surface area contributed by atoms with Gasteiger partial charge in [-0.1, -0.05) is 0 Å². The van der Waals surface area contributed by atoms with E-state index in [1.807, 2.05) is 6.07 Å². The van der Waals surface area contributed by atoms with E-state index in [4.69, 9.17) is 10.5 Å². The average molecular weight is 293 g/mol. The van der Waals surface area contributed by atoms with Crippen LogP contribution >= 0.6 is 27.3 Å². The van der Waals surface area contributed by atoms with Crippen LogP contribution in [-0.4, -0.2) is 19.6 Å². The molecule has 0 aliphatic carbocycles. The molecule has 84 valence electrons. The van der Waals surface area contributed by atoms with Crippen LogP contribution in [0, 0.1) is 0 Å². The number of hydrogen-bond acceptors (Lipinski definition) is 4. The maximum Gasteiger partial charge on any atom is 0.218 e. The van der Waals surface area contributed by atoms with Crippen molar-refractivity contribution in [2.75, 3.05) is 13.7 Å². The lowest BCUT2D eigenvalue weighted by Gasteiger charge is -1.99. The van der Waals surface area contributed by atoms with Gasteiger partial charge in [-0.15, -0.1) is 11.3 Å². The van der Waals surface area contributed by atoms with Gasteiger partial charge in [0, 0.05) is 24.4 Å². The highest BCUT2D eigenvalue weighted by atomic mass is 79.9. The van der Waals surface area contributed by atoms with Crippen LogP contribution in [0.25, 0.3) is 0 Å². The van der Waals surface area contributed by atoms with Gasteiger partial charge in [-0.2, -0.15) is 0 Å². The zero-order chi connectivity index (χ0) is 11.3. The van der Waals surface area contributed by atoms with Crippen LogP contribution in [0.15, 0.2) is 10.5 Å². The zero-order valence-electron chi connectivity index (χ0n) is 8.38. The number of amides is 1. The Kier molecular flexibility index (Phi) is 5.07. The van der Waals surface area contributed by atoms with Gasteiger partial charge in [0.1, 0.15) is 0 Å². The molecule has 1 aromatic rings. The van der Waals surface area contributed by atoms with E-state index in [9.17, 15) is 4.79 Å². The number of ether oxygens (including phenoxy) is 1. The third kappa shape index (κ3) is 4.19. The Morgan fingerprint density at radius 3 is 3.00 bits per heavy atom. The number of thiophene rings is 1. The molecule has 3 N–H and O–H groups in total. The third-order valence-corrected chi connectivity index (χ3v) is 3.69. The number of nitrogens with one attached hydrogen (secondary N) is 1. The Morgan fingerprint density at radius 2 is 2.47 bits per heavy atom. The number of nitrogens with two attached hydrogens (primary N) is 1. The zero-order valence-corrected chi connectivity index (χ0v) is 10.8. The molecule has 1 amide bonds. The van der Waals surface area contributed by atoms with Crippen LogP contribution in [0.3, 0.4) is 0 Å². The lowest BCUT2D eigenvalue weighted by molar-refractivity contribution is -0.117. The van der Waals surface area contributed by atoms with Gasteiger partial charge >= 0.3 is 0 Å². The van der Waals surface area contributed by atoms with E-state index in [0.29, 0.717) is 13.0 Å². The molecule has 0 bridgehead atoms. The smallest absolute Gasteiger partial charge is 0.218 e. The summed E-state index contributed by atoms with van der Waals surface area (Å²) in [7, 11) is 1.64. The van der Waals surface area contributed by atoms with Gasteiger partial charge in [-0.05, 0) is 22.0 Å². The van der Waals surface area contributed by atoms with Crippen LogP contribution in [0.2, 0.25) is 0 Å². The lowest BCUT2D eigenvalue weighted by atomic mass is 10.4. The van der Waals surface area contributed by atoms with Crippen molar-refractivity contribution < 1.29 is 9.53 Å². The van der Waals surface area contributed by atoms with Crippen LogP contribution in [0.4, 0.5) is 0 Å². The summed E-state index contributed by atoms with van der Waals surface area (Å²) in [5.41, 5.74) is 5.02. The first-order valence-electron chi connectivity index (χ1n) is 4.44. The van der Waals surface area contributed by atoms with Gasteiger partial charge in [0.15, 0.2) is 5.06 Å². The fourth-order valence-corrected chi connectivity index (χ4v) is 2.71. The van der Waals surface area contributed by atoms with Crippen molar-refractivity contribution in [3.63, 3.8) is 0 Å². The largest absolute Gasteiger partial charge is 0.486 e. The van der Waals surface area contributed by atoms with Gasteiger partial charge < -0.3 is 15.8 Å². The van der Waals surface area contributed by atoms with Crippen molar-refractivity contribution in [3.8, 4) is 5.06 Å². The number of methoxy groups -OCH3 is 1. The van der Waals surface area contributed by atoms with Crippen LogP contribution < -0.4 is 15.8 Å². The minimum atomic E-state index is -0.285. The highest BCUT2D eigenvalue weighted by molar-refractivity contribution is 9.10. The Balaban J connectivity index is 2.34. The molecule has 6 heteroatoms. The predicted molar refractivity (Wildman–Crippen MR) is 64.1 cm³/mol. The number of rotatable bonds is 6. The Bertz CT molecular complexity index is 341. The molecule has 0 aliphatic rings. The van der Waals surface area contributed by atoms with E-state index in [2.05, 4.69) is 21.2 Å². The maximum absolute atomic E-state index is 10.5. The van der Waals surface area contributed by atoms with Crippen molar-refractivity contribution in [1.29, 1.82) is 0 Å². The number of halogens is 1. The first kappa shape index (κ1) is 12.5. The average Bonchev–Trinajstić information content (AvgIpc) is 2.53. The van der Waals surface area contributed by atoms with Crippen molar-refractivity contribution in [2.45, 2.75) is 13.0 Å². The molecule has 15 heavy (non-hydrogen) atoms. The van der Waals surface area contributed by atoms with Crippen molar-refractivity contribution in [2.24, 2.45) is 5.73 Å². The minimum Gasteiger partial charge on any atom is -0.486 e. The quantitative estimate of drug-likeness (QED) is 0.781. The molecule has 0 aromatic carbocycles. The summed E-state index contributed by atoms with van der Waals surface area (Å²) in [6.07, 6.45) is 0.365. The SMILES string of the molecule is COc1sc(CNCCC(N)=O)cc1Br.